The standard InChI is InChI=1S/C27H28ClFN6O3/c1-16-20(27(38)30-11-10-23(36)17-4-6-19(28)7-5-17)12-18(13-21(16)29)22-8-9-25-31-24(14-35(25)33-22)32-26(37)15-34(2)3/h4-9,12-14,23,36H,10-11,15H2,1-3H3,(H,30,38)(H,32,37)/t23-/m0/s1. The van der Waals surface area contributed by atoms with Crippen molar-refractivity contribution >= 4 is 34.9 Å². The quantitative estimate of drug-likeness (QED) is 0.298. The van der Waals surface area contributed by atoms with Crippen molar-refractivity contribution in [3.05, 3.63) is 82.3 Å². The normalized spacial score (nSPS) is 12.1. The molecule has 2 amide bonds. The fraction of sp³-hybridized carbons (Fsp3) is 0.259. The summed E-state index contributed by atoms with van der Waals surface area (Å²) in [5, 5.41) is 20.9. The summed E-state index contributed by atoms with van der Waals surface area (Å²) in [7, 11) is 3.58. The van der Waals surface area contributed by atoms with Gasteiger partial charge in [-0.1, -0.05) is 23.7 Å². The minimum Gasteiger partial charge on any atom is -0.388 e. The number of carbonyl (C=O) groups excluding carboxylic acids is 2. The number of fused-ring (bicyclic) bond motifs is 1. The number of aliphatic hydroxyl groups excluding tert-OH is 1. The lowest BCUT2D eigenvalue weighted by Gasteiger charge is -2.13. The van der Waals surface area contributed by atoms with E-state index in [4.69, 9.17) is 11.6 Å². The number of nitrogens with one attached hydrogen (secondary N) is 2. The molecule has 11 heteroatoms. The van der Waals surface area contributed by atoms with Crippen molar-refractivity contribution in [2.24, 2.45) is 0 Å². The zero-order valence-corrected chi connectivity index (χ0v) is 22.0. The van der Waals surface area contributed by atoms with Gasteiger partial charge >= 0.3 is 0 Å². The summed E-state index contributed by atoms with van der Waals surface area (Å²) in [6.45, 7) is 1.93. The maximum absolute atomic E-state index is 14.8. The largest absolute Gasteiger partial charge is 0.388 e. The van der Waals surface area contributed by atoms with Crippen molar-refractivity contribution in [3.8, 4) is 11.3 Å². The highest BCUT2D eigenvalue weighted by molar-refractivity contribution is 6.30. The van der Waals surface area contributed by atoms with E-state index in [-0.39, 0.29) is 36.5 Å². The fourth-order valence-electron chi connectivity index (χ4n) is 3.90. The zero-order chi connectivity index (χ0) is 27.4. The second-order valence-electron chi connectivity index (χ2n) is 9.18. The monoisotopic (exact) mass is 538 g/mol. The lowest BCUT2D eigenvalue weighted by Crippen LogP contribution is -2.27. The van der Waals surface area contributed by atoms with Crippen LogP contribution in [0, 0.1) is 12.7 Å². The Morgan fingerprint density at radius 1 is 1.16 bits per heavy atom. The molecule has 0 saturated carbocycles. The highest BCUT2D eigenvalue weighted by Crippen LogP contribution is 2.25. The predicted molar refractivity (Wildman–Crippen MR) is 144 cm³/mol. The smallest absolute Gasteiger partial charge is 0.251 e. The molecule has 1 atom stereocenters. The maximum atomic E-state index is 14.8. The molecular weight excluding hydrogens is 511 g/mol. The first kappa shape index (κ1) is 27.2. The number of hydrogen-bond donors (Lipinski definition) is 3. The lowest BCUT2D eigenvalue weighted by molar-refractivity contribution is -0.116. The average Bonchev–Trinajstić information content (AvgIpc) is 3.26. The molecule has 2 aromatic carbocycles. The van der Waals surface area contributed by atoms with Gasteiger partial charge < -0.3 is 20.6 Å². The topological polar surface area (TPSA) is 112 Å². The van der Waals surface area contributed by atoms with Gasteiger partial charge in [-0.15, -0.1) is 0 Å². The van der Waals surface area contributed by atoms with Gasteiger partial charge in [-0.05, 0) is 75.0 Å². The molecule has 0 radical (unpaired) electrons. The van der Waals surface area contributed by atoms with Crippen LogP contribution in [0.25, 0.3) is 16.9 Å². The molecule has 4 aromatic rings. The second kappa shape index (κ2) is 11.7. The van der Waals surface area contributed by atoms with Crippen LogP contribution in [0.4, 0.5) is 10.2 Å². The van der Waals surface area contributed by atoms with Crippen molar-refractivity contribution in [2.45, 2.75) is 19.4 Å². The number of anilines is 1. The first-order chi connectivity index (χ1) is 18.1. The van der Waals surface area contributed by atoms with E-state index < -0.39 is 17.8 Å². The van der Waals surface area contributed by atoms with Crippen molar-refractivity contribution in [3.63, 3.8) is 0 Å². The molecular formula is C27H28ClFN6O3. The summed E-state index contributed by atoms with van der Waals surface area (Å²) in [5.41, 5.74) is 2.40. The average molecular weight is 539 g/mol. The molecule has 0 bridgehead atoms. The van der Waals surface area contributed by atoms with E-state index >= 15 is 0 Å². The third-order valence-electron chi connectivity index (χ3n) is 5.89. The highest BCUT2D eigenvalue weighted by atomic mass is 35.5. The summed E-state index contributed by atoms with van der Waals surface area (Å²) in [6, 6.07) is 13.1. The molecule has 0 saturated heterocycles. The van der Waals surface area contributed by atoms with E-state index in [9.17, 15) is 19.1 Å². The van der Waals surface area contributed by atoms with Crippen molar-refractivity contribution < 1.29 is 19.1 Å². The molecule has 2 heterocycles. The number of aliphatic hydroxyl groups is 1. The van der Waals surface area contributed by atoms with E-state index in [1.807, 2.05) is 0 Å². The maximum Gasteiger partial charge on any atom is 0.251 e. The number of benzene rings is 2. The summed E-state index contributed by atoms with van der Waals surface area (Å²) >= 11 is 5.88. The Morgan fingerprint density at radius 3 is 2.61 bits per heavy atom. The number of rotatable bonds is 9. The zero-order valence-electron chi connectivity index (χ0n) is 21.2. The van der Waals surface area contributed by atoms with Gasteiger partial charge in [-0.3, -0.25) is 9.59 Å². The van der Waals surface area contributed by atoms with E-state index in [1.165, 1.54) is 17.5 Å². The molecule has 4 rings (SSSR count). The molecule has 38 heavy (non-hydrogen) atoms. The van der Waals surface area contributed by atoms with Crippen molar-refractivity contribution in [2.75, 3.05) is 32.5 Å². The Kier molecular flexibility index (Phi) is 8.35. The van der Waals surface area contributed by atoms with Crippen LogP contribution in [0.15, 0.2) is 54.7 Å². The Morgan fingerprint density at radius 2 is 1.89 bits per heavy atom. The molecule has 3 N–H and O–H groups in total. The number of hydrogen-bond acceptors (Lipinski definition) is 6. The number of halogens is 2. The summed E-state index contributed by atoms with van der Waals surface area (Å²) in [5.74, 6) is -0.868. The number of likely N-dealkylation sites (N-methyl/N-ethyl adjacent to an activating group) is 1. The molecule has 198 valence electrons. The SMILES string of the molecule is Cc1c(F)cc(-c2ccc3nc(NC(=O)CN(C)C)cn3n2)cc1C(=O)NCC[C@H](O)c1ccc(Cl)cc1. The van der Waals surface area contributed by atoms with Crippen LogP contribution in [0.1, 0.15) is 34.0 Å². The van der Waals surface area contributed by atoms with Crippen molar-refractivity contribution in [1.82, 2.24) is 24.8 Å². The van der Waals surface area contributed by atoms with Gasteiger partial charge in [0.05, 0.1) is 24.5 Å². The highest BCUT2D eigenvalue weighted by Gasteiger charge is 2.17. The number of carbonyl (C=O) groups is 2. The molecule has 0 aliphatic heterocycles. The van der Waals surface area contributed by atoms with Gasteiger partial charge in [0.15, 0.2) is 11.5 Å². The van der Waals surface area contributed by atoms with Gasteiger partial charge in [0.1, 0.15) is 5.82 Å². The summed E-state index contributed by atoms with van der Waals surface area (Å²) < 4.78 is 16.3. The third-order valence-corrected chi connectivity index (χ3v) is 6.14. The first-order valence-corrected chi connectivity index (χ1v) is 12.3. The number of imidazole rings is 1. The Balaban J connectivity index is 1.48. The van der Waals surface area contributed by atoms with Gasteiger partial charge in [-0.2, -0.15) is 5.10 Å². The lowest BCUT2D eigenvalue weighted by atomic mass is 10.0. The van der Waals surface area contributed by atoms with Gasteiger partial charge in [-0.25, -0.2) is 13.9 Å². The minimum absolute atomic E-state index is 0.171. The van der Waals surface area contributed by atoms with Crippen molar-refractivity contribution in [1.29, 1.82) is 0 Å². The van der Waals surface area contributed by atoms with E-state index in [1.54, 1.807) is 67.7 Å². The molecule has 0 spiro atoms. The minimum atomic E-state index is -0.777. The van der Waals surface area contributed by atoms with E-state index in [0.717, 1.165) is 0 Å². The van der Waals surface area contributed by atoms with Gasteiger partial charge in [0, 0.05) is 22.7 Å². The van der Waals surface area contributed by atoms with Crippen LogP contribution in [0.2, 0.25) is 5.02 Å². The summed E-state index contributed by atoms with van der Waals surface area (Å²) in [6.07, 6.45) is 1.07. The van der Waals surface area contributed by atoms with Crippen LogP contribution >= 0.6 is 11.6 Å². The van der Waals surface area contributed by atoms with Crippen LogP contribution in [-0.4, -0.2) is 63.6 Å². The Hall–Kier alpha value is -3.86. The third kappa shape index (κ3) is 6.52. The van der Waals surface area contributed by atoms with Crippen LogP contribution in [-0.2, 0) is 4.79 Å². The molecule has 2 aromatic heterocycles. The number of aromatic nitrogens is 3. The molecule has 9 nitrogen and oxygen atoms in total. The van der Waals surface area contributed by atoms with Crippen LogP contribution in [0.5, 0.6) is 0 Å². The number of amides is 2. The van der Waals surface area contributed by atoms with Gasteiger partial charge in [0.25, 0.3) is 5.91 Å². The van der Waals surface area contributed by atoms with Crippen LogP contribution < -0.4 is 10.6 Å². The molecule has 0 aliphatic rings. The Bertz CT molecular complexity index is 1470. The van der Waals surface area contributed by atoms with Crippen LogP contribution in [0.3, 0.4) is 0 Å². The van der Waals surface area contributed by atoms with E-state index in [0.29, 0.717) is 33.3 Å². The molecule has 0 unspecified atom stereocenters. The molecule has 0 aliphatic carbocycles. The number of nitrogens with zero attached hydrogens (tertiary/aromatic N) is 4. The van der Waals surface area contributed by atoms with E-state index in [2.05, 4.69) is 20.7 Å². The fourth-order valence-corrected chi connectivity index (χ4v) is 4.02. The Labute approximate surface area is 224 Å². The predicted octanol–water partition coefficient (Wildman–Crippen LogP) is 3.85. The molecule has 0 fully saturated rings. The summed E-state index contributed by atoms with van der Waals surface area (Å²) in [4.78, 5) is 31.0. The first-order valence-electron chi connectivity index (χ1n) is 11.9. The second-order valence-corrected chi connectivity index (χ2v) is 9.61. The van der Waals surface area contributed by atoms with Gasteiger partial charge in [0.2, 0.25) is 5.91 Å².